The number of hydrogen-bond acceptors (Lipinski definition) is 3. The Morgan fingerprint density at radius 3 is 2.96 bits per heavy atom. The summed E-state index contributed by atoms with van der Waals surface area (Å²) in [6.07, 6.45) is 7.21. The molecule has 6 nitrogen and oxygen atoms in total. The van der Waals surface area contributed by atoms with Crippen molar-refractivity contribution in [2.75, 3.05) is 0 Å². The van der Waals surface area contributed by atoms with Gasteiger partial charge in [0.25, 0.3) is 5.91 Å². The number of nitrogens with one attached hydrogen (secondary N) is 2. The molecule has 7 heteroatoms. The number of benzene rings is 1. The molecule has 1 aliphatic carbocycles. The first-order valence-electron chi connectivity index (χ1n) is 8.21. The van der Waals surface area contributed by atoms with E-state index in [1.165, 1.54) is 18.3 Å². The van der Waals surface area contributed by atoms with Crippen molar-refractivity contribution in [3.8, 4) is 11.3 Å². The summed E-state index contributed by atoms with van der Waals surface area (Å²) < 4.78 is 15.4. The predicted octanol–water partition coefficient (Wildman–Crippen LogP) is 2.83. The molecule has 2 aromatic heterocycles. The number of imidazole rings is 1. The number of halogens is 1. The Balaban J connectivity index is 1.61. The highest BCUT2D eigenvalue weighted by Gasteiger charge is 2.36. The minimum Gasteiger partial charge on any atom is -0.342 e. The van der Waals surface area contributed by atoms with Gasteiger partial charge in [-0.2, -0.15) is 5.10 Å². The number of hydrogen-bond donors (Lipinski definition) is 2. The summed E-state index contributed by atoms with van der Waals surface area (Å²) in [6.45, 7) is 0. The zero-order valence-electron chi connectivity index (χ0n) is 13.7. The topological polar surface area (TPSA) is 75.6 Å². The number of carbonyl (C=O) groups is 1. The molecular weight excluding hydrogens is 321 g/mol. The Hall–Kier alpha value is -2.96. The first-order valence-corrected chi connectivity index (χ1v) is 8.21. The van der Waals surface area contributed by atoms with Crippen molar-refractivity contribution in [1.29, 1.82) is 0 Å². The van der Waals surface area contributed by atoms with Gasteiger partial charge >= 0.3 is 0 Å². The number of amides is 1. The fourth-order valence-electron chi connectivity index (χ4n) is 3.04. The van der Waals surface area contributed by atoms with Crippen molar-refractivity contribution in [2.45, 2.75) is 18.9 Å². The Kier molecular flexibility index (Phi) is 3.83. The van der Waals surface area contributed by atoms with Crippen LogP contribution in [0.2, 0.25) is 0 Å². The van der Waals surface area contributed by atoms with E-state index in [0.29, 0.717) is 22.7 Å². The first kappa shape index (κ1) is 15.6. The van der Waals surface area contributed by atoms with Gasteiger partial charge in [-0.05, 0) is 30.9 Å². The fourth-order valence-corrected chi connectivity index (χ4v) is 3.04. The predicted molar refractivity (Wildman–Crippen MR) is 90.1 cm³/mol. The normalized spacial score (nSPS) is 15.1. The molecule has 3 aromatic rings. The number of aromatic nitrogens is 4. The molecule has 1 atom stereocenters. The van der Waals surface area contributed by atoms with Gasteiger partial charge in [0, 0.05) is 25.0 Å². The number of rotatable bonds is 5. The van der Waals surface area contributed by atoms with E-state index in [4.69, 9.17) is 0 Å². The molecular formula is C18H18FN5O. The number of nitrogens with zero attached hydrogens (tertiary/aromatic N) is 3. The van der Waals surface area contributed by atoms with Crippen LogP contribution in [0.1, 0.15) is 35.1 Å². The van der Waals surface area contributed by atoms with Crippen LogP contribution in [-0.4, -0.2) is 25.7 Å². The van der Waals surface area contributed by atoms with Gasteiger partial charge in [0.2, 0.25) is 0 Å². The molecule has 0 saturated heterocycles. The molecule has 4 rings (SSSR count). The van der Waals surface area contributed by atoms with Gasteiger partial charge in [0.05, 0.1) is 23.5 Å². The van der Waals surface area contributed by atoms with E-state index in [2.05, 4.69) is 20.5 Å². The standard InChI is InChI=1S/C18H18FN5O/c1-24-8-7-20-17(24)16(11-5-6-11)22-18(25)14-10-21-23-15(14)12-3-2-4-13(19)9-12/h2-4,7-11,16H,5-6H2,1H3,(H,21,23)(H,22,25). The molecule has 25 heavy (non-hydrogen) atoms. The van der Waals surface area contributed by atoms with E-state index in [1.54, 1.807) is 18.3 Å². The average Bonchev–Trinajstić information content (AvgIpc) is 3.15. The Bertz CT molecular complexity index is 912. The summed E-state index contributed by atoms with van der Waals surface area (Å²) in [6, 6.07) is 5.95. The van der Waals surface area contributed by atoms with Gasteiger partial charge in [-0.3, -0.25) is 9.89 Å². The highest BCUT2D eigenvalue weighted by molar-refractivity contribution is 5.99. The van der Waals surface area contributed by atoms with Crippen molar-refractivity contribution in [1.82, 2.24) is 25.1 Å². The minimum absolute atomic E-state index is 0.136. The van der Waals surface area contributed by atoms with Crippen molar-refractivity contribution < 1.29 is 9.18 Å². The van der Waals surface area contributed by atoms with Crippen molar-refractivity contribution in [3.05, 3.63) is 60.1 Å². The van der Waals surface area contributed by atoms with Crippen LogP contribution in [0.3, 0.4) is 0 Å². The molecule has 0 aliphatic heterocycles. The van der Waals surface area contributed by atoms with Crippen LogP contribution >= 0.6 is 0 Å². The molecule has 1 aromatic carbocycles. The van der Waals surface area contributed by atoms with Crippen molar-refractivity contribution in [2.24, 2.45) is 13.0 Å². The molecule has 2 heterocycles. The van der Waals surface area contributed by atoms with Crippen LogP contribution in [-0.2, 0) is 7.05 Å². The second-order valence-electron chi connectivity index (χ2n) is 6.35. The van der Waals surface area contributed by atoms with Crippen LogP contribution in [0.15, 0.2) is 42.9 Å². The van der Waals surface area contributed by atoms with E-state index in [9.17, 15) is 9.18 Å². The molecule has 0 bridgehead atoms. The van der Waals surface area contributed by atoms with E-state index in [0.717, 1.165) is 18.7 Å². The molecule has 1 saturated carbocycles. The van der Waals surface area contributed by atoms with Crippen molar-refractivity contribution >= 4 is 5.91 Å². The van der Waals surface area contributed by atoms with Gasteiger partial charge < -0.3 is 9.88 Å². The molecule has 1 amide bonds. The Labute approximate surface area is 144 Å². The third-order valence-electron chi connectivity index (χ3n) is 4.51. The van der Waals surface area contributed by atoms with Crippen LogP contribution in [0, 0.1) is 11.7 Å². The fraction of sp³-hybridized carbons (Fsp3) is 0.278. The highest BCUT2D eigenvalue weighted by atomic mass is 19.1. The molecule has 0 spiro atoms. The van der Waals surface area contributed by atoms with Crippen LogP contribution in [0.5, 0.6) is 0 Å². The molecule has 2 N–H and O–H groups in total. The van der Waals surface area contributed by atoms with Crippen LogP contribution in [0.25, 0.3) is 11.3 Å². The average molecular weight is 339 g/mol. The highest BCUT2D eigenvalue weighted by Crippen LogP contribution is 2.40. The maximum Gasteiger partial charge on any atom is 0.255 e. The minimum atomic E-state index is -0.359. The third-order valence-corrected chi connectivity index (χ3v) is 4.51. The Morgan fingerprint density at radius 2 is 2.28 bits per heavy atom. The van der Waals surface area contributed by atoms with E-state index < -0.39 is 0 Å². The maximum atomic E-state index is 13.5. The molecule has 1 aliphatic rings. The second-order valence-corrected chi connectivity index (χ2v) is 6.35. The smallest absolute Gasteiger partial charge is 0.255 e. The summed E-state index contributed by atoms with van der Waals surface area (Å²) in [5.41, 5.74) is 1.49. The number of carbonyl (C=O) groups excluding carboxylic acids is 1. The maximum absolute atomic E-state index is 13.5. The molecule has 1 unspecified atom stereocenters. The van der Waals surface area contributed by atoms with Crippen LogP contribution in [0.4, 0.5) is 4.39 Å². The number of aryl methyl sites for hydroxylation is 1. The summed E-state index contributed by atoms with van der Waals surface area (Å²) in [4.78, 5) is 17.2. The number of H-pyrrole nitrogens is 1. The Morgan fingerprint density at radius 1 is 1.44 bits per heavy atom. The third kappa shape index (κ3) is 3.05. The zero-order chi connectivity index (χ0) is 17.4. The van der Waals surface area contributed by atoms with Gasteiger partial charge in [-0.1, -0.05) is 12.1 Å². The van der Waals surface area contributed by atoms with E-state index in [1.807, 2.05) is 17.8 Å². The van der Waals surface area contributed by atoms with Crippen LogP contribution < -0.4 is 5.32 Å². The summed E-state index contributed by atoms with van der Waals surface area (Å²) in [5, 5.41) is 9.84. The monoisotopic (exact) mass is 339 g/mol. The lowest BCUT2D eigenvalue weighted by Crippen LogP contribution is -2.31. The van der Waals surface area contributed by atoms with Gasteiger partial charge in [0.15, 0.2) is 0 Å². The first-order chi connectivity index (χ1) is 12.1. The van der Waals surface area contributed by atoms with E-state index in [-0.39, 0.29) is 17.8 Å². The lowest BCUT2D eigenvalue weighted by Gasteiger charge is -2.18. The van der Waals surface area contributed by atoms with Gasteiger partial charge in [-0.15, -0.1) is 0 Å². The largest absolute Gasteiger partial charge is 0.342 e. The molecule has 0 radical (unpaired) electrons. The summed E-state index contributed by atoms with van der Waals surface area (Å²) in [7, 11) is 1.92. The lowest BCUT2D eigenvalue weighted by molar-refractivity contribution is 0.0929. The van der Waals surface area contributed by atoms with Crippen molar-refractivity contribution in [3.63, 3.8) is 0 Å². The lowest BCUT2D eigenvalue weighted by atomic mass is 10.1. The zero-order valence-corrected chi connectivity index (χ0v) is 13.7. The molecule has 1 fully saturated rings. The molecule has 128 valence electrons. The number of aromatic amines is 1. The second kappa shape index (κ2) is 6.16. The summed E-state index contributed by atoms with van der Waals surface area (Å²) in [5.74, 6) is 0.636. The van der Waals surface area contributed by atoms with E-state index >= 15 is 0 Å². The SMILES string of the molecule is Cn1ccnc1C(NC(=O)c1cn[nH]c1-c1cccc(F)c1)C1CC1. The van der Waals surface area contributed by atoms with Gasteiger partial charge in [0.1, 0.15) is 11.6 Å². The summed E-state index contributed by atoms with van der Waals surface area (Å²) >= 11 is 0. The quantitative estimate of drug-likeness (QED) is 0.750. The van der Waals surface area contributed by atoms with Gasteiger partial charge in [-0.25, -0.2) is 9.37 Å².